The molecule has 19 nitrogen and oxygen atoms in total. The number of methoxy groups -OCH3 is 3. The van der Waals surface area contributed by atoms with Crippen molar-refractivity contribution in [3.05, 3.63) is 0 Å². The number of halogens is 1. The lowest BCUT2D eigenvalue weighted by Crippen LogP contribution is -2.51. The van der Waals surface area contributed by atoms with Crippen LogP contribution in [0.1, 0.15) is 393 Å². The summed E-state index contributed by atoms with van der Waals surface area (Å²) in [5, 5.41) is 12.6. The van der Waals surface area contributed by atoms with Gasteiger partial charge in [-0.05, 0) is 400 Å². The van der Waals surface area contributed by atoms with Crippen molar-refractivity contribution in [3.63, 3.8) is 0 Å². The van der Waals surface area contributed by atoms with Crippen LogP contribution in [0.3, 0.4) is 0 Å². The van der Waals surface area contributed by atoms with Crippen LogP contribution >= 0.6 is 11.8 Å². The molecule has 0 aliphatic carbocycles. The van der Waals surface area contributed by atoms with Gasteiger partial charge in [-0.15, -0.1) is 0 Å². The number of aliphatic hydroxyl groups is 1. The van der Waals surface area contributed by atoms with E-state index < -0.39 is 9.84 Å². The number of sulfone groups is 1. The zero-order valence-corrected chi connectivity index (χ0v) is 111. The highest BCUT2D eigenvalue weighted by Gasteiger charge is 2.41. The summed E-state index contributed by atoms with van der Waals surface area (Å²) in [6.45, 7) is 115. The van der Waals surface area contributed by atoms with Gasteiger partial charge in [0.15, 0.2) is 0 Å². The quantitative estimate of drug-likeness (QED) is 0.0609. The van der Waals surface area contributed by atoms with E-state index in [9.17, 15) is 17.9 Å². The van der Waals surface area contributed by atoms with E-state index in [-0.39, 0.29) is 18.8 Å². The molecular weight excluding hydrogens is 1900 g/mol. The van der Waals surface area contributed by atoms with Gasteiger partial charge < -0.3 is 44.1 Å². The molecule has 150 heavy (non-hydrogen) atoms. The first kappa shape index (κ1) is 148. The molecule has 0 saturated carbocycles. The summed E-state index contributed by atoms with van der Waals surface area (Å²) in [5.74, 6) is 18.4. The minimum Gasteiger partial charge on any atom is -0.395 e. The van der Waals surface area contributed by atoms with Crippen molar-refractivity contribution < 1.29 is 36.9 Å². The zero-order chi connectivity index (χ0) is 115. The topological polar surface area (TPSA) is 139 Å². The fourth-order valence-corrected chi connectivity index (χ4v) is 27.5. The average Bonchev–Trinajstić information content (AvgIpc) is 0.812. The van der Waals surface area contributed by atoms with Crippen LogP contribution in [0.4, 0.5) is 4.39 Å². The molecule has 22 heteroatoms. The summed E-state index contributed by atoms with van der Waals surface area (Å²) in [5.41, 5.74) is 0. The molecule has 10 fully saturated rings. The van der Waals surface area contributed by atoms with Gasteiger partial charge >= 0.3 is 0 Å². The van der Waals surface area contributed by atoms with Gasteiger partial charge in [0.05, 0.1) is 37.8 Å². The van der Waals surface area contributed by atoms with Crippen molar-refractivity contribution in [1.82, 2.24) is 59.2 Å². The molecule has 0 bridgehead atoms. The van der Waals surface area contributed by atoms with Crippen molar-refractivity contribution in [2.75, 3.05) is 198 Å². The maximum absolute atomic E-state index is 12.8. The van der Waals surface area contributed by atoms with Crippen LogP contribution < -0.4 is 5.32 Å². The normalized spacial score (nSPS) is 29.1. The predicted molar refractivity (Wildman–Crippen MR) is 658 cm³/mol. The Morgan fingerprint density at radius 3 is 0.993 bits per heavy atom. The van der Waals surface area contributed by atoms with E-state index in [2.05, 4.69) is 370 Å². The molecule has 0 aromatic heterocycles. The predicted octanol–water partition coefficient (Wildman–Crippen LogP) is 26.5. The van der Waals surface area contributed by atoms with E-state index in [1.165, 1.54) is 174 Å². The molecule has 0 aromatic rings. The van der Waals surface area contributed by atoms with Gasteiger partial charge in [-0.25, -0.2) is 12.8 Å². The SMILES string of the molecule is CC(C)C1CCC(CF)N(C(C)C)C1.CC(C)C1CCC(CN(C)C)N(C(C)C)C1.CC(C)C1CCC(CO)N(C(C)C)C1.CC(C)C1CCC(CS(C)(=O)=O)N(C(C)C)C1.CCOCC1CCC(C(C)C)CN1C(C)C.CNCC1CCC(C(C)C)CN1C(C)C.COC1CC(C(C)C)CN(C(C)C)C1.COC1CCN(C(C)C)CC1C(C)C.COCC1CC(C(C)C)CN(C(C)C)C1.CSCC1CCC(C(C)C)CN1C(C)C. The van der Waals surface area contributed by atoms with Crippen molar-refractivity contribution >= 4 is 21.6 Å². The minimum atomic E-state index is -2.87. The summed E-state index contributed by atoms with van der Waals surface area (Å²) >= 11 is 2.00. The lowest BCUT2D eigenvalue weighted by molar-refractivity contribution is -0.0312. The first-order chi connectivity index (χ1) is 70.0. The van der Waals surface area contributed by atoms with Crippen LogP contribution in [-0.2, 0) is 28.8 Å². The van der Waals surface area contributed by atoms with Crippen molar-refractivity contribution in [1.29, 1.82) is 0 Å². The minimum absolute atomic E-state index is 0.178. The second-order valence-corrected chi connectivity index (χ2v) is 58.5. The number of nitrogens with one attached hydrogen (secondary N) is 1. The molecule has 10 heterocycles. The number of alkyl halides is 1. The lowest BCUT2D eigenvalue weighted by Gasteiger charge is -2.44. The van der Waals surface area contributed by atoms with Crippen LogP contribution in [0.5, 0.6) is 0 Å². The molecule has 20 unspecified atom stereocenters. The van der Waals surface area contributed by atoms with Crippen molar-refractivity contribution in [3.8, 4) is 0 Å². The molecule has 0 spiro atoms. The third kappa shape index (κ3) is 56.2. The first-order valence-corrected chi connectivity index (χ1v) is 66.3. The Balaban J connectivity index is 0.000000834. The van der Waals surface area contributed by atoms with E-state index in [1.54, 1.807) is 0 Å². The monoisotopic (exact) mass is 2170 g/mol. The van der Waals surface area contributed by atoms with Gasteiger partial charge in [-0.2, -0.15) is 11.8 Å². The zero-order valence-electron chi connectivity index (χ0n) is 109. The van der Waals surface area contributed by atoms with Gasteiger partial charge in [0, 0.05) is 247 Å². The fraction of sp³-hybridized carbons (Fsp3) is 1.00. The third-order valence-corrected chi connectivity index (χ3v) is 38.9. The van der Waals surface area contributed by atoms with Crippen molar-refractivity contribution in [2.45, 2.75) is 508 Å². The maximum atomic E-state index is 12.8. The summed E-state index contributed by atoms with van der Waals surface area (Å²) in [6, 6.07) is 10.0. The second kappa shape index (κ2) is 78.1. The molecule has 20 atom stereocenters. The number of likely N-dealkylation sites (N-methyl/N-ethyl adjacent to an activating group) is 2. The van der Waals surface area contributed by atoms with E-state index in [4.69, 9.17) is 18.9 Å². The number of likely N-dealkylation sites (tertiary alicyclic amines) is 10. The standard InChI is InChI=1S/C14H30N2.C14H29NO.C13H28N2.C13H27NO2S.C13H27NO.C13H27NS.C12H24FN.3C12H25NO/c1-11(2)13-7-8-14(10-15(5)6)16(9-13)12(3)4;1-6-16-10-14-8-7-13(11(2)3)9-15(14)12(4)5;1-10(2)12-6-7-13(8-14-5)15(9-12)11(3)4;1-10(2)12-6-7-13(9-17(5,15)16)14(8-12)11(3)4;1-10(2)13-6-12(9-15-5)7-14(8-13)11(3)4;1-10(2)12-6-7-13(9-15-5)14(8-12)11(3)4;1-9(2)11-5-6-12(7-13)14(8-11)10(3)4;1-9(2)11-6-12(14-5)8-13(7-11)10(3)4;1-9(2)11-8-13(10(3)4)7-6-12(11)14-5;1-9(2)11-5-6-12(8-14)13(7-11)10(3)4/h11-14H,7-10H2,1-6H3;11-14H,6-10H2,1-5H3;10-14H,6-9H2,1-5H3;10-13H,6-9H2,1-5H3;2*10-13H,6-9H2,1-5H3;9-12H,5-8H2,1-4H3;2*9-12H,6-8H2,1-5H3;9-12,14H,5-8H2,1-4H3. The largest absolute Gasteiger partial charge is 0.395 e. The number of nitrogens with zero attached hydrogens (tertiary/aromatic N) is 11. The number of thioether (sulfide) groups is 1. The first-order valence-electron chi connectivity index (χ1n) is 62.8. The van der Waals surface area contributed by atoms with Crippen molar-refractivity contribution in [2.24, 2.45) is 124 Å². The molecular formula is C128H267FN12O7S2. The van der Waals surface area contributed by atoms with Gasteiger partial charge in [-0.1, -0.05) is 138 Å². The third-order valence-electron chi connectivity index (χ3n) is 37.2. The smallest absolute Gasteiger partial charge is 0.148 e. The summed E-state index contributed by atoms with van der Waals surface area (Å²) in [7, 11) is 9.08. The Hall–Kier alpha value is -0.450. The second-order valence-electron chi connectivity index (χ2n) is 55.4. The highest BCUT2D eigenvalue weighted by Crippen LogP contribution is 2.39. The fourth-order valence-electron chi connectivity index (χ4n) is 25.7. The molecule has 10 saturated heterocycles. The number of aliphatic hydroxyl groups excluding tert-OH is 1. The van der Waals surface area contributed by atoms with Gasteiger partial charge in [-0.3, -0.25) is 39.2 Å². The summed E-state index contributed by atoms with van der Waals surface area (Å²) < 4.78 is 57.7. The molecule has 10 aliphatic heterocycles. The molecule has 10 rings (SSSR count). The Morgan fingerprint density at radius 1 is 0.353 bits per heavy atom. The van der Waals surface area contributed by atoms with E-state index >= 15 is 0 Å². The maximum Gasteiger partial charge on any atom is 0.148 e. The van der Waals surface area contributed by atoms with Crippen LogP contribution in [0.25, 0.3) is 0 Å². The number of hydrogen-bond acceptors (Lipinski definition) is 20. The Morgan fingerprint density at radius 2 is 0.673 bits per heavy atom. The molecule has 10 aliphatic rings. The Bertz CT molecular complexity index is 3190. The number of ether oxygens (including phenoxy) is 4. The number of hydrogen-bond donors (Lipinski definition) is 2. The molecule has 900 valence electrons. The molecule has 0 aromatic carbocycles. The Kier molecular flexibility index (Phi) is 76.8. The summed E-state index contributed by atoms with van der Waals surface area (Å²) in [6.07, 6.45) is 26.2. The van der Waals surface area contributed by atoms with Crippen LogP contribution in [0.15, 0.2) is 0 Å². The highest BCUT2D eigenvalue weighted by molar-refractivity contribution is 7.98. The molecule has 0 radical (unpaired) electrons. The Labute approximate surface area is 941 Å². The lowest BCUT2D eigenvalue weighted by atomic mass is 9.82. The average molecular weight is 2170 g/mol. The molecule has 2 N–H and O–H groups in total. The highest BCUT2D eigenvalue weighted by atomic mass is 32.2. The van der Waals surface area contributed by atoms with E-state index in [0.29, 0.717) is 115 Å². The van der Waals surface area contributed by atoms with E-state index in [0.717, 1.165) is 190 Å². The summed E-state index contributed by atoms with van der Waals surface area (Å²) in [4.78, 5) is 28.0. The molecule has 0 amide bonds. The number of piperidine rings is 10. The van der Waals surface area contributed by atoms with Crippen LogP contribution in [0, 0.1) is 124 Å². The van der Waals surface area contributed by atoms with Crippen LogP contribution in [0.2, 0.25) is 0 Å². The van der Waals surface area contributed by atoms with Gasteiger partial charge in [0.25, 0.3) is 0 Å². The van der Waals surface area contributed by atoms with Gasteiger partial charge in [0.2, 0.25) is 0 Å². The van der Waals surface area contributed by atoms with Crippen LogP contribution in [-0.4, -0.2) is 380 Å². The number of rotatable bonds is 37. The van der Waals surface area contributed by atoms with E-state index in [1.807, 2.05) is 33.1 Å². The van der Waals surface area contributed by atoms with Gasteiger partial charge in [0.1, 0.15) is 16.5 Å².